The molecule has 0 N–H and O–H groups in total. The molecule has 1 atom stereocenters. The molecule has 2 aromatic carbocycles. The van der Waals surface area contributed by atoms with Crippen molar-refractivity contribution in [1.29, 1.82) is 0 Å². The van der Waals surface area contributed by atoms with Gasteiger partial charge in [-0.1, -0.05) is 48.5 Å². The Balaban J connectivity index is 2.39. The van der Waals surface area contributed by atoms with Crippen LogP contribution in [0, 0.1) is 6.92 Å². The van der Waals surface area contributed by atoms with Crippen molar-refractivity contribution in [3.63, 3.8) is 0 Å². The minimum atomic E-state index is -1.51. The zero-order valence-corrected chi connectivity index (χ0v) is 12.9. The fourth-order valence-electron chi connectivity index (χ4n) is 1.98. The van der Waals surface area contributed by atoms with E-state index in [4.69, 9.17) is 0 Å². The number of rotatable bonds is 5. The van der Waals surface area contributed by atoms with Crippen molar-refractivity contribution in [2.45, 2.75) is 26.3 Å². The molecule has 0 aromatic heterocycles. The molecule has 0 saturated heterocycles. The fraction of sp³-hybridized carbons (Fsp3) is 0.222. The van der Waals surface area contributed by atoms with Crippen LogP contribution in [0.15, 0.2) is 64.8 Å². The molecule has 0 radical (unpaired) electrons. The Bertz CT molecular complexity index is 723. The summed E-state index contributed by atoms with van der Waals surface area (Å²) in [6.45, 7) is 4.77. The van der Waals surface area contributed by atoms with Gasteiger partial charge in [-0.15, -0.1) is 0 Å². The Morgan fingerprint density at radius 2 is 1.55 bits per heavy atom. The average molecular weight is 294 g/mol. The van der Waals surface area contributed by atoms with E-state index < -0.39 is 5.54 Å². The number of hydrogen-bond acceptors (Lipinski definition) is 4. The van der Waals surface area contributed by atoms with Crippen LogP contribution >= 0.6 is 0 Å². The first-order valence-corrected chi connectivity index (χ1v) is 7.04. The second-order valence-electron chi connectivity index (χ2n) is 5.31. The third-order valence-electron chi connectivity index (χ3n) is 3.64. The molecule has 22 heavy (non-hydrogen) atoms. The Morgan fingerprint density at radius 1 is 0.955 bits per heavy atom. The van der Waals surface area contributed by atoms with E-state index >= 15 is 0 Å². The van der Waals surface area contributed by atoms with Crippen LogP contribution in [-0.2, 0) is 4.79 Å². The molecule has 1 unspecified atom stereocenters. The van der Waals surface area contributed by atoms with Gasteiger partial charge in [0, 0.05) is 5.56 Å². The largest absolute Gasteiger partial charge is 0.297 e. The highest BCUT2D eigenvalue weighted by Gasteiger charge is 2.39. The van der Waals surface area contributed by atoms with Gasteiger partial charge in [-0.3, -0.25) is 9.59 Å². The average Bonchev–Trinajstić information content (AvgIpc) is 2.53. The van der Waals surface area contributed by atoms with Gasteiger partial charge in [0.05, 0.1) is 5.69 Å². The zero-order chi connectivity index (χ0) is 16.2. The third kappa shape index (κ3) is 3.17. The fourth-order valence-corrected chi connectivity index (χ4v) is 1.98. The summed E-state index contributed by atoms with van der Waals surface area (Å²) in [6.07, 6.45) is 0. The SMILES string of the molecule is CC(=O)C(C)(N=Nc1ccccc1C)C(=O)c1ccccc1. The summed E-state index contributed by atoms with van der Waals surface area (Å²) in [4.78, 5) is 24.7. The molecule has 2 aromatic rings. The Hall–Kier alpha value is -2.62. The molecule has 0 fully saturated rings. The maximum absolute atomic E-state index is 12.6. The van der Waals surface area contributed by atoms with Gasteiger partial charge in [-0.05, 0) is 32.4 Å². The van der Waals surface area contributed by atoms with Crippen LogP contribution in [0.1, 0.15) is 29.8 Å². The Kier molecular flexibility index (Phi) is 4.61. The number of hydrogen-bond donors (Lipinski definition) is 0. The van der Waals surface area contributed by atoms with Crippen molar-refractivity contribution in [3.8, 4) is 0 Å². The number of benzene rings is 2. The monoisotopic (exact) mass is 294 g/mol. The van der Waals surface area contributed by atoms with Gasteiger partial charge in [-0.2, -0.15) is 10.2 Å². The smallest absolute Gasteiger partial charge is 0.199 e. The van der Waals surface area contributed by atoms with Crippen molar-refractivity contribution < 1.29 is 9.59 Å². The first kappa shape index (κ1) is 15.8. The summed E-state index contributed by atoms with van der Waals surface area (Å²) in [7, 11) is 0. The highest BCUT2D eigenvalue weighted by atomic mass is 16.2. The van der Waals surface area contributed by atoms with Gasteiger partial charge in [0.15, 0.2) is 17.1 Å². The van der Waals surface area contributed by atoms with Crippen LogP contribution in [0.25, 0.3) is 0 Å². The number of Topliss-reactive ketones (excluding diaryl/α,β-unsaturated/α-hetero) is 2. The molecule has 0 aliphatic heterocycles. The van der Waals surface area contributed by atoms with Crippen molar-refractivity contribution in [1.82, 2.24) is 0 Å². The lowest BCUT2D eigenvalue weighted by molar-refractivity contribution is -0.120. The molecule has 112 valence electrons. The molecule has 0 aliphatic carbocycles. The van der Waals surface area contributed by atoms with E-state index in [0.29, 0.717) is 11.3 Å². The highest BCUT2D eigenvalue weighted by molar-refractivity contribution is 6.17. The predicted octanol–water partition coefficient (Wildman–Crippen LogP) is 4.31. The Morgan fingerprint density at radius 3 is 2.14 bits per heavy atom. The number of carbonyl (C=O) groups is 2. The van der Waals surface area contributed by atoms with Gasteiger partial charge in [0.1, 0.15) is 0 Å². The summed E-state index contributed by atoms with van der Waals surface area (Å²) in [5, 5.41) is 8.22. The third-order valence-corrected chi connectivity index (χ3v) is 3.64. The normalized spacial score (nSPS) is 13.8. The van der Waals surface area contributed by atoms with Crippen LogP contribution in [0.3, 0.4) is 0 Å². The van der Waals surface area contributed by atoms with Gasteiger partial charge in [0.2, 0.25) is 0 Å². The maximum atomic E-state index is 12.6. The lowest BCUT2D eigenvalue weighted by Gasteiger charge is -2.19. The van der Waals surface area contributed by atoms with Crippen LogP contribution in [-0.4, -0.2) is 17.1 Å². The summed E-state index contributed by atoms with van der Waals surface area (Å²) < 4.78 is 0. The topological polar surface area (TPSA) is 58.9 Å². The summed E-state index contributed by atoms with van der Waals surface area (Å²) in [5.74, 6) is -0.684. The predicted molar refractivity (Wildman–Crippen MR) is 85.6 cm³/mol. The second kappa shape index (κ2) is 6.43. The highest BCUT2D eigenvalue weighted by Crippen LogP contribution is 2.24. The molecular weight excluding hydrogens is 276 g/mol. The van der Waals surface area contributed by atoms with Crippen molar-refractivity contribution in [2.24, 2.45) is 10.2 Å². The van der Waals surface area contributed by atoms with E-state index in [2.05, 4.69) is 10.2 Å². The number of azo groups is 1. The minimum Gasteiger partial charge on any atom is -0.297 e. The molecule has 0 spiro atoms. The van der Waals surface area contributed by atoms with E-state index in [1.54, 1.807) is 30.3 Å². The second-order valence-corrected chi connectivity index (χ2v) is 5.31. The van der Waals surface area contributed by atoms with Crippen LogP contribution in [0.4, 0.5) is 5.69 Å². The van der Waals surface area contributed by atoms with E-state index in [-0.39, 0.29) is 11.6 Å². The molecule has 0 amide bonds. The van der Waals surface area contributed by atoms with Gasteiger partial charge in [0.25, 0.3) is 0 Å². The summed E-state index contributed by atoms with van der Waals surface area (Å²) >= 11 is 0. The molecule has 4 heteroatoms. The van der Waals surface area contributed by atoms with Gasteiger partial charge in [-0.25, -0.2) is 0 Å². The van der Waals surface area contributed by atoms with Gasteiger partial charge >= 0.3 is 0 Å². The quantitative estimate of drug-likeness (QED) is 0.468. The van der Waals surface area contributed by atoms with Crippen molar-refractivity contribution in [3.05, 3.63) is 65.7 Å². The van der Waals surface area contributed by atoms with Crippen LogP contribution in [0.5, 0.6) is 0 Å². The molecular formula is C18H18N2O2. The zero-order valence-electron chi connectivity index (χ0n) is 12.9. The first-order valence-electron chi connectivity index (χ1n) is 7.04. The number of ketones is 2. The molecule has 0 heterocycles. The molecule has 4 nitrogen and oxygen atoms in total. The summed E-state index contributed by atoms with van der Waals surface area (Å²) in [6, 6.07) is 16.1. The van der Waals surface area contributed by atoms with E-state index in [1.807, 2.05) is 31.2 Å². The lowest BCUT2D eigenvalue weighted by atomic mass is 9.88. The number of carbonyl (C=O) groups excluding carboxylic acids is 2. The molecule has 0 saturated carbocycles. The maximum Gasteiger partial charge on any atom is 0.199 e. The number of nitrogens with zero attached hydrogens (tertiary/aromatic N) is 2. The van der Waals surface area contributed by atoms with Crippen molar-refractivity contribution in [2.75, 3.05) is 0 Å². The molecule has 2 rings (SSSR count). The van der Waals surface area contributed by atoms with Crippen molar-refractivity contribution >= 4 is 17.3 Å². The van der Waals surface area contributed by atoms with Crippen LogP contribution in [0.2, 0.25) is 0 Å². The minimum absolute atomic E-state index is 0.335. The van der Waals surface area contributed by atoms with Gasteiger partial charge < -0.3 is 0 Å². The lowest BCUT2D eigenvalue weighted by Crippen LogP contribution is -2.40. The standard InChI is InChI=1S/C18H18N2O2/c1-13-9-7-8-12-16(13)19-20-18(3,14(2)21)17(22)15-10-5-4-6-11-15/h4-12H,1-3H3. The van der Waals surface area contributed by atoms with E-state index in [9.17, 15) is 9.59 Å². The summed E-state index contributed by atoms with van der Waals surface area (Å²) in [5.41, 5.74) is 0.521. The Labute approximate surface area is 129 Å². The molecule has 0 aliphatic rings. The molecule has 0 bridgehead atoms. The van der Waals surface area contributed by atoms with E-state index in [0.717, 1.165) is 5.56 Å². The number of aryl methyl sites for hydroxylation is 1. The van der Waals surface area contributed by atoms with Crippen LogP contribution < -0.4 is 0 Å². The first-order chi connectivity index (χ1) is 10.4. The van der Waals surface area contributed by atoms with E-state index in [1.165, 1.54) is 13.8 Å².